The van der Waals surface area contributed by atoms with E-state index in [1.165, 1.54) is 5.56 Å². The van der Waals surface area contributed by atoms with Crippen molar-refractivity contribution in [3.8, 4) is 11.3 Å². The van der Waals surface area contributed by atoms with Crippen molar-refractivity contribution in [2.24, 2.45) is 0 Å². The smallest absolute Gasteiger partial charge is 0.228 e. The number of nitrogens with zero attached hydrogens (tertiary/aromatic N) is 5. The van der Waals surface area contributed by atoms with E-state index < -0.39 is 0 Å². The highest BCUT2D eigenvalue weighted by Gasteiger charge is 2.21. The molecule has 5 rings (SSSR count). The molecule has 0 saturated carbocycles. The molecule has 7 nitrogen and oxygen atoms in total. The molecule has 4 aromatic rings. The molecule has 158 valence electrons. The number of morpholine rings is 1. The predicted octanol–water partition coefficient (Wildman–Crippen LogP) is 4.11. The molecule has 0 spiro atoms. The van der Waals surface area contributed by atoms with Crippen molar-refractivity contribution in [2.75, 3.05) is 31.2 Å². The van der Waals surface area contributed by atoms with Crippen molar-refractivity contribution >= 4 is 17.7 Å². The standard InChI is InChI=1S/C23H23N5O2S/c1-3-7-18(8-4-1)16-28-22(27-11-13-29-14-12-27)24-25-23(28)31-17-20-15-21(26-30-20)19-9-5-2-6-10-19/h1-10,15H,11-14,16-17H2. The van der Waals surface area contributed by atoms with Crippen molar-refractivity contribution in [3.63, 3.8) is 0 Å². The highest BCUT2D eigenvalue weighted by atomic mass is 32.2. The molecular weight excluding hydrogens is 410 g/mol. The maximum atomic E-state index is 5.57. The van der Waals surface area contributed by atoms with Gasteiger partial charge in [0, 0.05) is 24.7 Å². The van der Waals surface area contributed by atoms with Gasteiger partial charge in [0.15, 0.2) is 5.16 Å². The molecule has 0 radical (unpaired) electrons. The summed E-state index contributed by atoms with van der Waals surface area (Å²) in [6.45, 7) is 3.77. The molecule has 1 saturated heterocycles. The molecule has 3 heterocycles. The molecule has 0 amide bonds. The van der Waals surface area contributed by atoms with Crippen LogP contribution in [0, 0.1) is 0 Å². The van der Waals surface area contributed by atoms with E-state index in [1.807, 2.05) is 42.5 Å². The zero-order valence-electron chi connectivity index (χ0n) is 17.1. The Kier molecular flexibility index (Phi) is 5.99. The fourth-order valence-corrected chi connectivity index (χ4v) is 4.36. The molecule has 1 fully saturated rings. The third-order valence-corrected chi connectivity index (χ3v) is 6.14. The van der Waals surface area contributed by atoms with Crippen molar-refractivity contribution in [2.45, 2.75) is 17.5 Å². The number of hydrogen-bond donors (Lipinski definition) is 0. The van der Waals surface area contributed by atoms with Gasteiger partial charge in [-0.15, -0.1) is 10.2 Å². The molecule has 0 bridgehead atoms. The number of aromatic nitrogens is 4. The molecule has 0 aliphatic carbocycles. The zero-order valence-corrected chi connectivity index (χ0v) is 17.9. The molecule has 2 aromatic carbocycles. The van der Waals surface area contributed by atoms with E-state index in [1.54, 1.807) is 11.8 Å². The second-order valence-electron chi connectivity index (χ2n) is 7.29. The molecule has 0 atom stereocenters. The van der Waals surface area contributed by atoms with Crippen LogP contribution in [-0.4, -0.2) is 46.2 Å². The van der Waals surface area contributed by atoms with Crippen LogP contribution >= 0.6 is 11.8 Å². The molecule has 2 aromatic heterocycles. The van der Waals surface area contributed by atoms with Crippen LogP contribution in [0.4, 0.5) is 5.95 Å². The summed E-state index contributed by atoms with van der Waals surface area (Å²) in [5, 5.41) is 14.1. The lowest BCUT2D eigenvalue weighted by atomic mass is 10.1. The van der Waals surface area contributed by atoms with Crippen LogP contribution in [0.2, 0.25) is 0 Å². The van der Waals surface area contributed by atoms with Crippen molar-refractivity contribution < 1.29 is 9.26 Å². The van der Waals surface area contributed by atoms with Crippen molar-refractivity contribution in [3.05, 3.63) is 78.1 Å². The highest BCUT2D eigenvalue weighted by Crippen LogP contribution is 2.28. The monoisotopic (exact) mass is 433 g/mol. The summed E-state index contributed by atoms with van der Waals surface area (Å²) < 4.78 is 13.3. The fourth-order valence-electron chi connectivity index (χ4n) is 3.55. The Bertz CT molecular complexity index is 1110. The Morgan fingerprint density at radius 1 is 0.903 bits per heavy atom. The Morgan fingerprint density at radius 2 is 1.65 bits per heavy atom. The number of ether oxygens (including phenoxy) is 1. The fraction of sp³-hybridized carbons (Fsp3) is 0.261. The van der Waals surface area contributed by atoms with Crippen LogP contribution in [0.5, 0.6) is 0 Å². The van der Waals surface area contributed by atoms with Crippen LogP contribution in [-0.2, 0) is 17.0 Å². The van der Waals surface area contributed by atoms with Crippen LogP contribution in [0.1, 0.15) is 11.3 Å². The second kappa shape index (κ2) is 9.36. The molecule has 0 N–H and O–H groups in total. The first-order valence-electron chi connectivity index (χ1n) is 10.3. The molecule has 1 aliphatic heterocycles. The molecule has 1 aliphatic rings. The van der Waals surface area contributed by atoms with Gasteiger partial charge in [-0.05, 0) is 5.56 Å². The summed E-state index contributed by atoms with van der Waals surface area (Å²) in [5.41, 5.74) is 3.10. The summed E-state index contributed by atoms with van der Waals surface area (Å²) in [4.78, 5) is 2.24. The van der Waals surface area contributed by atoms with E-state index in [4.69, 9.17) is 9.26 Å². The van der Waals surface area contributed by atoms with Gasteiger partial charge in [0.05, 0.1) is 25.5 Å². The Balaban J connectivity index is 1.36. The number of rotatable bonds is 7. The minimum absolute atomic E-state index is 0.635. The van der Waals surface area contributed by atoms with Crippen LogP contribution in [0.15, 0.2) is 76.4 Å². The highest BCUT2D eigenvalue weighted by molar-refractivity contribution is 7.98. The molecular formula is C23H23N5O2S. The van der Waals surface area contributed by atoms with Gasteiger partial charge in [-0.25, -0.2) is 0 Å². The molecule has 0 unspecified atom stereocenters. The summed E-state index contributed by atoms with van der Waals surface area (Å²) in [6, 6.07) is 22.4. The molecule has 31 heavy (non-hydrogen) atoms. The topological polar surface area (TPSA) is 69.2 Å². The lowest BCUT2D eigenvalue weighted by Gasteiger charge is -2.28. The minimum Gasteiger partial charge on any atom is -0.378 e. The lowest BCUT2D eigenvalue weighted by Crippen LogP contribution is -2.38. The number of thioether (sulfide) groups is 1. The van der Waals surface area contributed by atoms with E-state index in [9.17, 15) is 0 Å². The van der Waals surface area contributed by atoms with Gasteiger partial charge in [-0.1, -0.05) is 77.6 Å². The van der Waals surface area contributed by atoms with Gasteiger partial charge < -0.3 is 14.2 Å². The minimum atomic E-state index is 0.635. The SMILES string of the molecule is c1ccc(Cn2c(SCc3cc(-c4ccccc4)no3)nnc2N2CCOCC2)cc1. The van der Waals surface area contributed by atoms with Crippen LogP contribution in [0.25, 0.3) is 11.3 Å². The maximum absolute atomic E-state index is 5.57. The van der Waals surface area contributed by atoms with Crippen LogP contribution < -0.4 is 4.90 Å². The third-order valence-electron chi connectivity index (χ3n) is 5.15. The largest absolute Gasteiger partial charge is 0.378 e. The van der Waals surface area contributed by atoms with Gasteiger partial charge >= 0.3 is 0 Å². The predicted molar refractivity (Wildman–Crippen MR) is 120 cm³/mol. The van der Waals surface area contributed by atoms with Gasteiger partial charge in [-0.2, -0.15) is 0 Å². The van der Waals surface area contributed by atoms with Gasteiger partial charge in [0.25, 0.3) is 0 Å². The number of hydrogen-bond acceptors (Lipinski definition) is 7. The Morgan fingerprint density at radius 3 is 2.42 bits per heavy atom. The first-order valence-corrected chi connectivity index (χ1v) is 11.3. The Labute approximate surface area is 185 Å². The summed E-state index contributed by atoms with van der Waals surface area (Å²) in [6.07, 6.45) is 0. The average Bonchev–Trinajstić information content (AvgIpc) is 3.47. The first-order chi connectivity index (χ1) is 15.4. The van der Waals surface area contributed by atoms with Gasteiger partial charge in [-0.3, -0.25) is 4.57 Å². The number of benzene rings is 2. The van der Waals surface area contributed by atoms with Crippen molar-refractivity contribution in [1.82, 2.24) is 19.9 Å². The lowest BCUT2D eigenvalue weighted by molar-refractivity contribution is 0.121. The summed E-state index contributed by atoms with van der Waals surface area (Å²) in [5.74, 6) is 2.33. The van der Waals surface area contributed by atoms with E-state index in [2.05, 4.69) is 49.1 Å². The normalized spacial score (nSPS) is 14.1. The van der Waals surface area contributed by atoms with Gasteiger partial charge in [0.2, 0.25) is 5.95 Å². The quantitative estimate of drug-likeness (QED) is 0.406. The van der Waals surface area contributed by atoms with Crippen LogP contribution in [0.3, 0.4) is 0 Å². The van der Waals surface area contributed by atoms with E-state index >= 15 is 0 Å². The third kappa shape index (κ3) is 4.65. The Hall–Kier alpha value is -3.10. The molecule has 8 heteroatoms. The van der Waals surface area contributed by atoms with E-state index in [0.29, 0.717) is 25.5 Å². The second-order valence-corrected chi connectivity index (χ2v) is 8.23. The average molecular weight is 434 g/mol. The zero-order chi connectivity index (χ0) is 20.9. The first kappa shape index (κ1) is 19.8. The van der Waals surface area contributed by atoms with E-state index in [-0.39, 0.29) is 0 Å². The van der Waals surface area contributed by atoms with Crippen molar-refractivity contribution in [1.29, 1.82) is 0 Å². The summed E-state index contributed by atoms with van der Waals surface area (Å²) >= 11 is 1.61. The van der Waals surface area contributed by atoms with E-state index in [0.717, 1.165) is 41.2 Å². The summed E-state index contributed by atoms with van der Waals surface area (Å²) in [7, 11) is 0. The number of anilines is 1. The maximum Gasteiger partial charge on any atom is 0.228 e. The van der Waals surface area contributed by atoms with Gasteiger partial charge in [0.1, 0.15) is 11.5 Å².